The number of hydrogen-bond acceptors (Lipinski definition) is 4. The van der Waals surface area contributed by atoms with Gasteiger partial charge in [-0.05, 0) is 49.9 Å². The van der Waals surface area contributed by atoms with Gasteiger partial charge in [0.2, 0.25) is 11.7 Å². The lowest BCUT2D eigenvalue weighted by atomic mass is 9.88. The number of aromatic carboxylic acids is 1. The molecule has 5 heteroatoms. The SMILES string of the molecule is Cc1nc(-c2c(C)c(C)c(C)c(C(=O)O)c2C)no1. The van der Waals surface area contributed by atoms with Gasteiger partial charge >= 0.3 is 5.97 Å². The third-order valence-electron chi connectivity index (χ3n) is 3.59. The van der Waals surface area contributed by atoms with Gasteiger partial charge in [-0.3, -0.25) is 0 Å². The molecule has 0 atom stereocenters. The van der Waals surface area contributed by atoms with Gasteiger partial charge in [-0.15, -0.1) is 0 Å². The summed E-state index contributed by atoms with van der Waals surface area (Å²) in [7, 11) is 0. The van der Waals surface area contributed by atoms with Crippen molar-refractivity contribution in [3.05, 3.63) is 33.7 Å². The van der Waals surface area contributed by atoms with Gasteiger partial charge in [0.25, 0.3) is 0 Å². The van der Waals surface area contributed by atoms with Crippen LogP contribution in [-0.4, -0.2) is 21.2 Å². The molecule has 2 aromatic rings. The maximum absolute atomic E-state index is 11.4. The molecule has 0 saturated heterocycles. The second-order valence-corrected chi connectivity index (χ2v) is 4.69. The molecule has 0 unspecified atom stereocenters. The first-order chi connectivity index (χ1) is 8.84. The molecule has 0 aliphatic heterocycles. The average Bonchev–Trinajstić information content (AvgIpc) is 2.73. The molecule has 19 heavy (non-hydrogen) atoms. The summed E-state index contributed by atoms with van der Waals surface area (Å²) >= 11 is 0. The first-order valence-corrected chi connectivity index (χ1v) is 5.99. The molecule has 0 radical (unpaired) electrons. The van der Waals surface area contributed by atoms with E-state index in [-0.39, 0.29) is 0 Å². The van der Waals surface area contributed by atoms with Crippen molar-refractivity contribution >= 4 is 5.97 Å². The molecule has 1 aromatic carbocycles. The molecule has 2 rings (SSSR count). The fraction of sp³-hybridized carbons (Fsp3) is 0.357. The number of carbonyl (C=O) groups is 1. The minimum Gasteiger partial charge on any atom is -0.478 e. The zero-order valence-corrected chi connectivity index (χ0v) is 11.7. The van der Waals surface area contributed by atoms with Crippen molar-refractivity contribution in [1.82, 2.24) is 10.1 Å². The van der Waals surface area contributed by atoms with E-state index in [9.17, 15) is 9.90 Å². The number of hydrogen-bond donors (Lipinski definition) is 1. The molecule has 0 aliphatic carbocycles. The van der Waals surface area contributed by atoms with Crippen LogP contribution in [0.2, 0.25) is 0 Å². The van der Waals surface area contributed by atoms with Crippen LogP contribution in [0.3, 0.4) is 0 Å². The minimum absolute atomic E-state index is 0.320. The molecule has 5 nitrogen and oxygen atoms in total. The normalized spacial score (nSPS) is 10.8. The minimum atomic E-state index is -0.931. The topological polar surface area (TPSA) is 76.2 Å². The highest BCUT2D eigenvalue weighted by Crippen LogP contribution is 2.32. The lowest BCUT2D eigenvalue weighted by Gasteiger charge is -2.16. The standard InChI is InChI=1S/C14H16N2O3/c1-6-7(2)11(13-15-10(5)19-16-13)9(4)12(8(6)3)14(17)18/h1-5H3,(H,17,18). The highest BCUT2D eigenvalue weighted by molar-refractivity contribution is 5.94. The fourth-order valence-corrected chi connectivity index (χ4v) is 2.40. The Morgan fingerprint density at radius 2 is 1.63 bits per heavy atom. The Morgan fingerprint density at radius 3 is 2.11 bits per heavy atom. The second kappa shape index (κ2) is 4.50. The molecule has 1 N–H and O–H groups in total. The Hall–Kier alpha value is -2.17. The third-order valence-corrected chi connectivity index (χ3v) is 3.59. The number of carboxylic acid groups (broad SMARTS) is 1. The summed E-state index contributed by atoms with van der Waals surface area (Å²) in [6.07, 6.45) is 0. The first-order valence-electron chi connectivity index (χ1n) is 5.99. The van der Waals surface area contributed by atoms with E-state index in [1.165, 1.54) is 0 Å². The number of rotatable bonds is 2. The molecule has 0 amide bonds. The van der Waals surface area contributed by atoms with Gasteiger partial charge in [-0.2, -0.15) is 4.98 Å². The van der Waals surface area contributed by atoms with Gasteiger partial charge in [-0.1, -0.05) is 5.16 Å². The molecule has 0 bridgehead atoms. The first kappa shape index (κ1) is 13.3. The van der Waals surface area contributed by atoms with Crippen LogP contribution in [-0.2, 0) is 0 Å². The number of benzene rings is 1. The van der Waals surface area contributed by atoms with Crippen LogP contribution in [0, 0.1) is 34.6 Å². The molecule has 0 aliphatic rings. The van der Waals surface area contributed by atoms with E-state index in [4.69, 9.17) is 4.52 Å². The molecular formula is C14H16N2O3. The number of aryl methyl sites for hydroxylation is 1. The molecule has 100 valence electrons. The Kier molecular flexibility index (Phi) is 3.14. The van der Waals surface area contributed by atoms with Crippen LogP contribution < -0.4 is 0 Å². The Morgan fingerprint density at radius 1 is 1.00 bits per heavy atom. The van der Waals surface area contributed by atoms with Crippen LogP contribution in [0.25, 0.3) is 11.4 Å². The number of carboxylic acids is 1. The third kappa shape index (κ3) is 2.01. The summed E-state index contributed by atoms with van der Waals surface area (Å²) in [4.78, 5) is 15.6. The highest BCUT2D eigenvalue weighted by atomic mass is 16.5. The lowest BCUT2D eigenvalue weighted by Crippen LogP contribution is -2.08. The second-order valence-electron chi connectivity index (χ2n) is 4.69. The molecule has 0 saturated carbocycles. The predicted molar refractivity (Wildman–Crippen MR) is 70.4 cm³/mol. The Bertz CT molecular complexity index is 672. The fourth-order valence-electron chi connectivity index (χ4n) is 2.40. The van der Waals surface area contributed by atoms with Gasteiger partial charge in [0, 0.05) is 12.5 Å². The van der Waals surface area contributed by atoms with Crippen molar-refractivity contribution in [1.29, 1.82) is 0 Å². The van der Waals surface area contributed by atoms with Crippen LogP contribution >= 0.6 is 0 Å². The van der Waals surface area contributed by atoms with Gasteiger partial charge < -0.3 is 9.63 Å². The van der Waals surface area contributed by atoms with Gasteiger partial charge in [-0.25, -0.2) is 4.79 Å². The van der Waals surface area contributed by atoms with Crippen molar-refractivity contribution < 1.29 is 14.4 Å². The van der Waals surface area contributed by atoms with E-state index in [1.54, 1.807) is 13.8 Å². The Labute approximate surface area is 111 Å². The zero-order chi connectivity index (χ0) is 14.3. The zero-order valence-electron chi connectivity index (χ0n) is 11.7. The summed E-state index contributed by atoms with van der Waals surface area (Å²) in [5.74, 6) is -0.0263. The van der Waals surface area contributed by atoms with Crippen molar-refractivity contribution in [2.75, 3.05) is 0 Å². The summed E-state index contributed by atoms with van der Waals surface area (Å²) in [6.45, 7) is 9.17. The van der Waals surface area contributed by atoms with Crippen LogP contribution in [0.15, 0.2) is 4.52 Å². The smallest absolute Gasteiger partial charge is 0.336 e. The summed E-state index contributed by atoms with van der Waals surface area (Å²) < 4.78 is 4.99. The van der Waals surface area contributed by atoms with Crippen LogP contribution in [0.4, 0.5) is 0 Å². The quantitative estimate of drug-likeness (QED) is 0.898. The molecule has 1 heterocycles. The van der Waals surface area contributed by atoms with Gasteiger partial charge in [0.1, 0.15) is 0 Å². The monoisotopic (exact) mass is 260 g/mol. The summed E-state index contributed by atoms with van der Waals surface area (Å²) in [5.41, 5.74) is 4.46. The average molecular weight is 260 g/mol. The van der Waals surface area contributed by atoms with Crippen molar-refractivity contribution in [2.45, 2.75) is 34.6 Å². The van der Waals surface area contributed by atoms with Crippen molar-refractivity contribution in [2.24, 2.45) is 0 Å². The van der Waals surface area contributed by atoms with E-state index >= 15 is 0 Å². The molecule has 0 spiro atoms. The molecule has 0 fully saturated rings. The predicted octanol–water partition coefficient (Wildman–Crippen LogP) is 2.98. The van der Waals surface area contributed by atoms with Crippen molar-refractivity contribution in [3.63, 3.8) is 0 Å². The van der Waals surface area contributed by atoms with E-state index in [2.05, 4.69) is 10.1 Å². The lowest BCUT2D eigenvalue weighted by molar-refractivity contribution is 0.0695. The summed E-state index contributed by atoms with van der Waals surface area (Å²) in [6, 6.07) is 0. The van der Waals surface area contributed by atoms with E-state index < -0.39 is 5.97 Å². The van der Waals surface area contributed by atoms with Crippen LogP contribution in [0.5, 0.6) is 0 Å². The maximum atomic E-state index is 11.4. The molecular weight excluding hydrogens is 244 g/mol. The van der Waals surface area contributed by atoms with Crippen molar-refractivity contribution in [3.8, 4) is 11.4 Å². The van der Waals surface area contributed by atoms with E-state index in [0.717, 1.165) is 22.3 Å². The van der Waals surface area contributed by atoms with Gasteiger partial charge in [0.05, 0.1) is 5.56 Å². The highest BCUT2D eigenvalue weighted by Gasteiger charge is 2.22. The Balaban J connectivity index is 2.85. The summed E-state index contributed by atoms with van der Waals surface area (Å²) in [5, 5.41) is 13.3. The van der Waals surface area contributed by atoms with Crippen LogP contribution in [0.1, 0.15) is 38.5 Å². The number of aromatic nitrogens is 2. The van der Waals surface area contributed by atoms with E-state index in [1.807, 2.05) is 20.8 Å². The molecule has 1 aromatic heterocycles. The number of nitrogens with zero attached hydrogens (tertiary/aromatic N) is 2. The van der Waals surface area contributed by atoms with E-state index in [0.29, 0.717) is 22.8 Å². The largest absolute Gasteiger partial charge is 0.478 e. The maximum Gasteiger partial charge on any atom is 0.336 e. The van der Waals surface area contributed by atoms with Gasteiger partial charge in [0.15, 0.2) is 0 Å².